The average molecular weight is 452 g/mol. The van der Waals surface area contributed by atoms with E-state index in [1.165, 1.54) is 29.5 Å². The Hall–Kier alpha value is -1.39. The fraction of sp³-hybridized carbons (Fsp3) is 0.556. The second-order valence-corrected chi connectivity index (χ2v) is 9.44. The summed E-state index contributed by atoms with van der Waals surface area (Å²) in [6.45, 7) is 15.1. The van der Waals surface area contributed by atoms with Crippen LogP contribution in [0.3, 0.4) is 0 Å². The summed E-state index contributed by atoms with van der Waals surface area (Å²) in [5.41, 5.74) is 4.43. The number of benzene rings is 2. The van der Waals surface area contributed by atoms with Crippen LogP contribution < -0.4 is 12.4 Å². The van der Waals surface area contributed by atoms with E-state index in [0.29, 0.717) is 0 Å². The third-order valence-corrected chi connectivity index (χ3v) is 5.20. The number of halogens is 1. The van der Waals surface area contributed by atoms with Crippen LogP contribution in [0.15, 0.2) is 54.6 Å². The van der Waals surface area contributed by atoms with Crippen LogP contribution in [0.2, 0.25) is 0 Å². The number of quaternary nitrogens is 1. The summed E-state index contributed by atoms with van der Waals surface area (Å²) in [6, 6.07) is 19.4. The Morgan fingerprint density at radius 3 is 1.55 bits per heavy atom. The summed E-state index contributed by atoms with van der Waals surface area (Å²) < 4.78 is 6.51. The second-order valence-electron chi connectivity index (χ2n) is 9.44. The first-order valence-corrected chi connectivity index (χ1v) is 11.2. The average Bonchev–Trinajstić information content (AvgIpc) is 2.64. The quantitative estimate of drug-likeness (QED) is 0.427. The van der Waals surface area contributed by atoms with E-state index in [2.05, 4.69) is 103 Å². The molecule has 0 aromatic heterocycles. The predicted molar refractivity (Wildman–Crippen MR) is 130 cm³/mol. The molecule has 0 heterocycles. The van der Waals surface area contributed by atoms with Crippen molar-refractivity contribution >= 4 is 0 Å². The van der Waals surface area contributed by atoms with E-state index in [4.69, 9.17) is 4.74 Å². The first-order chi connectivity index (χ1) is 13.7. The van der Waals surface area contributed by atoms with Crippen molar-refractivity contribution in [2.24, 2.45) is 11.8 Å². The van der Waals surface area contributed by atoms with Crippen LogP contribution in [0.25, 0.3) is 0 Å². The lowest BCUT2D eigenvalue weighted by Crippen LogP contribution is -3.00. The monoisotopic (exact) mass is 451 g/mol. The maximum atomic E-state index is 5.65. The number of rotatable bonds is 9. The molecule has 31 heavy (non-hydrogen) atoms. The molecule has 2 rings (SSSR count). The summed E-state index contributed by atoms with van der Waals surface area (Å²) in [6.07, 6.45) is 2.65. The van der Waals surface area contributed by atoms with E-state index < -0.39 is 0 Å². The standard InChI is InChI=1S/C14H22.C13H22NO.ClH.H2O/c1-11(2)9-13-7-5-6-8-14(13)10-12(3)4;1-5-15-12(2)14(3,4)11-13-9-7-6-8-10-13;;/h5-8,11-12H,9-10H2,1-4H3;6-10,12H,5,11H2,1-4H3;1H;1H2/q;+1;;/p-1. The van der Waals surface area contributed by atoms with Crippen LogP contribution in [0.4, 0.5) is 0 Å². The van der Waals surface area contributed by atoms with Crippen molar-refractivity contribution < 1.29 is 27.1 Å². The van der Waals surface area contributed by atoms with Gasteiger partial charge in [-0.3, -0.25) is 4.48 Å². The molecule has 2 aromatic carbocycles. The van der Waals surface area contributed by atoms with E-state index in [9.17, 15) is 0 Å². The molecule has 0 spiro atoms. The smallest absolute Gasteiger partial charge is 0.190 e. The molecule has 0 bridgehead atoms. The number of nitrogens with zero attached hydrogens (tertiary/aromatic N) is 1. The van der Waals surface area contributed by atoms with E-state index in [0.717, 1.165) is 29.5 Å². The molecule has 0 saturated carbocycles. The van der Waals surface area contributed by atoms with E-state index in [1.54, 1.807) is 0 Å². The van der Waals surface area contributed by atoms with Crippen molar-refractivity contribution in [2.45, 2.75) is 67.2 Å². The van der Waals surface area contributed by atoms with Gasteiger partial charge in [-0.05, 0) is 42.7 Å². The van der Waals surface area contributed by atoms with Gasteiger partial charge in [-0.15, -0.1) is 0 Å². The van der Waals surface area contributed by atoms with Gasteiger partial charge in [0.25, 0.3) is 0 Å². The van der Waals surface area contributed by atoms with Crippen LogP contribution in [-0.4, -0.2) is 36.9 Å². The molecule has 4 heteroatoms. The third-order valence-electron chi connectivity index (χ3n) is 5.20. The highest BCUT2D eigenvalue weighted by Crippen LogP contribution is 2.17. The SMILES string of the molecule is CC(C)Cc1ccccc1CC(C)C.CCOC(C)[N+](C)(C)Cc1ccccc1.O.[Cl-]. The lowest BCUT2D eigenvalue weighted by molar-refractivity contribution is -0.947. The van der Waals surface area contributed by atoms with Crippen LogP contribution in [0.1, 0.15) is 58.2 Å². The van der Waals surface area contributed by atoms with Gasteiger partial charge in [0.1, 0.15) is 6.54 Å². The first kappa shape index (κ1) is 31.8. The van der Waals surface area contributed by atoms with Gasteiger partial charge in [0.05, 0.1) is 20.7 Å². The van der Waals surface area contributed by atoms with E-state index in [-0.39, 0.29) is 24.1 Å². The maximum Gasteiger partial charge on any atom is 0.190 e. The largest absolute Gasteiger partial charge is 1.00 e. The highest BCUT2D eigenvalue weighted by atomic mass is 35.5. The van der Waals surface area contributed by atoms with Gasteiger partial charge in [0.2, 0.25) is 0 Å². The van der Waals surface area contributed by atoms with Crippen molar-refractivity contribution in [2.75, 3.05) is 20.7 Å². The molecule has 0 aliphatic carbocycles. The molecule has 0 aliphatic rings. The Morgan fingerprint density at radius 2 is 1.16 bits per heavy atom. The van der Waals surface area contributed by atoms with Gasteiger partial charge in [-0.25, -0.2) is 0 Å². The fourth-order valence-corrected chi connectivity index (χ4v) is 3.46. The zero-order chi connectivity index (χ0) is 21.9. The van der Waals surface area contributed by atoms with Crippen molar-refractivity contribution in [3.63, 3.8) is 0 Å². The van der Waals surface area contributed by atoms with Gasteiger partial charge in [0, 0.05) is 12.5 Å². The lowest BCUT2D eigenvalue weighted by atomic mass is 9.93. The van der Waals surface area contributed by atoms with E-state index >= 15 is 0 Å². The van der Waals surface area contributed by atoms with E-state index in [1.807, 2.05) is 6.92 Å². The molecule has 1 atom stereocenters. The molecule has 2 N–H and O–H groups in total. The number of hydrogen-bond donors (Lipinski definition) is 0. The number of hydrogen-bond acceptors (Lipinski definition) is 1. The second kappa shape index (κ2) is 16.3. The van der Waals surface area contributed by atoms with Crippen molar-refractivity contribution in [3.8, 4) is 0 Å². The van der Waals surface area contributed by atoms with Crippen LogP contribution in [-0.2, 0) is 24.1 Å². The van der Waals surface area contributed by atoms with Gasteiger partial charge >= 0.3 is 0 Å². The molecular formula is C27H46ClNO2. The van der Waals surface area contributed by atoms with Crippen molar-refractivity contribution in [3.05, 3.63) is 71.3 Å². The van der Waals surface area contributed by atoms with Gasteiger partial charge < -0.3 is 22.6 Å². The minimum atomic E-state index is 0. The summed E-state index contributed by atoms with van der Waals surface area (Å²) in [5.74, 6) is 1.51. The Bertz CT molecular complexity index is 658. The van der Waals surface area contributed by atoms with Crippen LogP contribution >= 0.6 is 0 Å². The molecule has 178 valence electrons. The lowest BCUT2D eigenvalue weighted by Gasteiger charge is -2.35. The summed E-state index contributed by atoms with van der Waals surface area (Å²) in [7, 11) is 4.40. The molecule has 0 radical (unpaired) electrons. The Labute approximate surface area is 198 Å². The zero-order valence-corrected chi connectivity index (χ0v) is 21.7. The Balaban J connectivity index is 0. The van der Waals surface area contributed by atoms with Crippen molar-refractivity contribution in [1.82, 2.24) is 0 Å². The highest BCUT2D eigenvalue weighted by molar-refractivity contribution is 5.27. The minimum Gasteiger partial charge on any atom is -1.00 e. The van der Waals surface area contributed by atoms with Gasteiger partial charge in [0.15, 0.2) is 6.23 Å². The molecule has 1 unspecified atom stereocenters. The Kier molecular flexibility index (Phi) is 16.7. The normalized spacial score (nSPS) is 11.8. The predicted octanol–water partition coefficient (Wildman–Crippen LogP) is 2.91. The summed E-state index contributed by atoms with van der Waals surface area (Å²) >= 11 is 0. The first-order valence-electron chi connectivity index (χ1n) is 11.2. The topological polar surface area (TPSA) is 40.7 Å². The zero-order valence-electron chi connectivity index (χ0n) is 21.0. The highest BCUT2D eigenvalue weighted by Gasteiger charge is 2.24. The molecular weight excluding hydrogens is 406 g/mol. The minimum absolute atomic E-state index is 0. The van der Waals surface area contributed by atoms with Gasteiger partial charge in [-0.2, -0.15) is 0 Å². The molecule has 0 aliphatic heterocycles. The molecule has 0 amide bonds. The van der Waals surface area contributed by atoms with Crippen molar-refractivity contribution in [1.29, 1.82) is 0 Å². The third kappa shape index (κ3) is 12.9. The molecule has 3 nitrogen and oxygen atoms in total. The summed E-state index contributed by atoms with van der Waals surface area (Å²) in [5, 5.41) is 0. The van der Waals surface area contributed by atoms with Gasteiger partial charge in [-0.1, -0.05) is 82.3 Å². The molecule has 0 fully saturated rings. The maximum absolute atomic E-state index is 5.65. The molecule has 0 saturated heterocycles. The number of ether oxygens (including phenoxy) is 1. The fourth-order valence-electron chi connectivity index (χ4n) is 3.46. The van der Waals surface area contributed by atoms with Crippen LogP contribution in [0, 0.1) is 11.8 Å². The van der Waals surface area contributed by atoms with Crippen LogP contribution in [0.5, 0.6) is 0 Å². The Morgan fingerprint density at radius 1 is 0.742 bits per heavy atom. The molecule has 2 aromatic rings. The summed E-state index contributed by atoms with van der Waals surface area (Å²) in [4.78, 5) is 0.